The third kappa shape index (κ3) is 5.02. The predicted octanol–water partition coefficient (Wildman–Crippen LogP) is -0.177. The van der Waals surface area contributed by atoms with Crippen LogP contribution in [0.25, 0.3) is 0 Å². The molecule has 1 amide bonds. The van der Waals surface area contributed by atoms with Crippen LogP contribution in [0.3, 0.4) is 0 Å². The van der Waals surface area contributed by atoms with E-state index in [9.17, 15) is 4.79 Å². The predicted molar refractivity (Wildman–Crippen MR) is 68.0 cm³/mol. The van der Waals surface area contributed by atoms with Gasteiger partial charge in [0.15, 0.2) is 0 Å². The molecule has 1 saturated heterocycles. The van der Waals surface area contributed by atoms with Gasteiger partial charge < -0.3 is 20.3 Å². The molecule has 1 heterocycles. The van der Waals surface area contributed by atoms with Crippen LogP contribution in [0, 0.1) is 0 Å². The fraction of sp³-hybridized carbons (Fsp3) is 0.917. The summed E-state index contributed by atoms with van der Waals surface area (Å²) in [6, 6.07) is 0. The van der Waals surface area contributed by atoms with E-state index in [4.69, 9.17) is 4.74 Å². The van der Waals surface area contributed by atoms with Crippen LogP contribution >= 0.6 is 0 Å². The fourth-order valence-corrected chi connectivity index (χ4v) is 1.76. The summed E-state index contributed by atoms with van der Waals surface area (Å²) >= 11 is 0. The van der Waals surface area contributed by atoms with Crippen LogP contribution in [0.4, 0.5) is 0 Å². The van der Waals surface area contributed by atoms with E-state index in [1.54, 1.807) is 0 Å². The zero-order valence-corrected chi connectivity index (χ0v) is 11.2. The van der Waals surface area contributed by atoms with Crippen molar-refractivity contribution in [3.63, 3.8) is 0 Å². The topological polar surface area (TPSA) is 53.6 Å². The molecule has 0 saturated carbocycles. The Kier molecular flexibility index (Phi) is 5.88. The number of nitrogens with zero attached hydrogens (tertiary/aromatic N) is 1. The van der Waals surface area contributed by atoms with Gasteiger partial charge in [0.25, 0.3) is 0 Å². The zero-order chi connectivity index (χ0) is 12.7. The molecule has 0 bridgehead atoms. The lowest BCUT2D eigenvalue weighted by Gasteiger charge is -2.38. The van der Waals surface area contributed by atoms with E-state index < -0.39 is 0 Å². The van der Waals surface area contributed by atoms with Crippen molar-refractivity contribution < 1.29 is 9.53 Å². The van der Waals surface area contributed by atoms with Crippen molar-refractivity contribution in [2.75, 3.05) is 45.9 Å². The number of carbonyl (C=O) groups is 1. The smallest absolute Gasteiger partial charge is 0.246 e. The number of amides is 1. The first-order valence-electron chi connectivity index (χ1n) is 6.43. The molecule has 1 aliphatic rings. The Morgan fingerprint density at radius 3 is 2.53 bits per heavy atom. The molecule has 5 heteroatoms. The van der Waals surface area contributed by atoms with E-state index in [1.807, 2.05) is 6.92 Å². The molecule has 5 nitrogen and oxygen atoms in total. The Hall–Kier alpha value is -0.650. The maximum absolute atomic E-state index is 11.5. The second kappa shape index (κ2) is 6.93. The molecule has 1 rings (SSSR count). The SMILES string of the molecule is CCN(CC)CCNC(=O)COC1(C)CNC1. The van der Waals surface area contributed by atoms with Crippen LogP contribution in [-0.2, 0) is 9.53 Å². The molecule has 0 unspecified atom stereocenters. The number of ether oxygens (including phenoxy) is 1. The number of carbonyl (C=O) groups excluding carboxylic acids is 1. The molecule has 0 radical (unpaired) electrons. The van der Waals surface area contributed by atoms with Gasteiger partial charge in [0, 0.05) is 26.2 Å². The van der Waals surface area contributed by atoms with E-state index in [2.05, 4.69) is 29.4 Å². The second-order valence-corrected chi connectivity index (χ2v) is 4.72. The van der Waals surface area contributed by atoms with Gasteiger partial charge in [-0.25, -0.2) is 0 Å². The molecule has 1 aliphatic heterocycles. The highest BCUT2D eigenvalue weighted by Gasteiger charge is 2.32. The third-order valence-electron chi connectivity index (χ3n) is 3.19. The summed E-state index contributed by atoms with van der Waals surface area (Å²) in [6.45, 7) is 11.7. The molecule has 0 aromatic rings. The van der Waals surface area contributed by atoms with E-state index in [-0.39, 0.29) is 18.1 Å². The minimum atomic E-state index is -0.143. The largest absolute Gasteiger partial charge is 0.363 e. The molecule has 17 heavy (non-hydrogen) atoms. The first kappa shape index (κ1) is 14.4. The van der Waals surface area contributed by atoms with Crippen molar-refractivity contribution in [2.45, 2.75) is 26.4 Å². The van der Waals surface area contributed by atoms with Gasteiger partial charge in [0.1, 0.15) is 6.61 Å². The van der Waals surface area contributed by atoms with Gasteiger partial charge in [0.2, 0.25) is 5.91 Å². The molecule has 0 aromatic carbocycles. The highest BCUT2D eigenvalue weighted by Crippen LogP contribution is 2.14. The molecular formula is C12H25N3O2. The number of rotatable bonds is 8. The van der Waals surface area contributed by atoms with Crippen molar-refractivity contribution in [3.05, 3.63) is 0 Å². The van der Waals surface area contributed by atoms with E-state index in [1.165, 1.54) is 0 Å². The van der Waals surface area contributed by atoms with Crippen LogP contribution in [0.1, 0.15) is 20.8 Å². The van der Waals surface area contributed by atoms with Crippen molar-refractivity contribution in [2.24, 2.45) is 0 Å². The minimum absolute atomic E-state index is 0.0229. The molecule has 0 spiro atoms. The zero-order valence-electron chi connectivity index (χ0n) is 11.2. The summed E-state index contributed by atoms with van der Waals surface area (Å²) in [5.74, 6) is -0.0229. The van der Waals surface area contributed by atoms with Crippen LogP contribution in [0.2, 0.25) is 0 Å². The Morgan fingerprint density at radius 1 is 1.41 bits per heavy atom. The highest BCUT2D eigenvalue weighted by atomic mass is 16.5. The van der Waals surface area contributed by atoms with Gasteiger partial charge in [-0.3, -0.25) is 4.79 Å². The molecule has 0 aliphatic carbocycles. The molecule has 0 atom stereocenters. The molecular weight excluding hydrogens is 218 g/mol. The minimum Gasteiger partial charge on any atom is -0.363 e. The molecule has 100 valence electrons. The standard InChI is InChI=1S/C12H25N3O2/c1-4-15(5-2)7-6-14-11(16)8-17-12(3)9-13-10-12/h13H,4-10H2,1-3H3,(H,14,16). The number of hydrogen-bond acceptors (Lipinski definition) is 4. The lowest BCUT2D eigenvalue weighted by molar-refractivity contribution is -0.135. The van der Waals surface area contributed by atoms with Crippen molar-refractivity contribution in [3.8, 4) is 0 Å². The molecule has 2 N–H and O–H groups in total. The van der Waals surface area contributed by atoms with Gasteiger partial charge in [-0.05, 0) is 20.0 Å². The number of nitrogens with one attached hydrogen (secondary N) is 2. The summed E-state index contributed by atoms with van der Waals surface area (Å²) in [6.07, 6.45) is 0. The van der Waals surface area contributed by atoms with Crippen molar-refractivity contribution >= 4 is 5.91 Å². The summed E-state index contributed by atoms with van der Waals surface area (Å²) < 4.78 is 5.55. The number of likely N-dealkylation sites (N-methyl/N-ethyl adjacent to an activating group) is 1. The number of hydrogen-bond donors (Lipinski definition) is 2. The van der Waals surface area contributed by atoms with Crippen LogP contribution in [0.15, 0.2) is 0 Å². The third-order valence-corrected chi connectivity index (χ3v) is 3.19. The Bertz CT molecular complexity index is 238. The fourth-order valence-electron chi connectivity index (χ4n) is 1.76. The van der Waals surface area contributed by atoms with Gasteiger partial charge in [-0.2, -0.15) is 0 Å². The Balaban J connectivity index is 2.04. The highest BCUT2D eigenvalue weighted by molar-refractivity contribution is 5.77. The van der Waals surface area contributed by atoms with Crippen molar-refractivity contribution in [1.29, 1.82) is 0 Å². The Morgan fingerprint density at radius 2 is 2.06 bits per heavy atom. The van der Waals surface area contributed by atoms with Gasteiger partial charge in [0.05, 0.1) is 5.60 Å². The average molecular weight is 243 g/mol. The van der Waals surface area contributed by atoms with E-state index in [0.29, 0.717) is 6.54 Å². The van der Waals surface area contributed by atoms with Crippen molar-refractivity contribution in [1.82, 2.24) is 15.5 Å². The van der Waals surface area contributed by atoms with Crippen LogP contribution in [0.5, 0.6) is 0 Å². The normalized spacial score (nSPS) is 17.9. The van der Waals surface area contributed by atoms with Gasteiger partial charge in [-0.15, -0.1) is 0 Å². The lowest BCUT2D eigenvalue weighted by atomic mass is 10.0. The van der Waals surface area contributed by atoms with Gasteiger partial charge >= 0.3 is 0 Å². The summed E-state index contributed by atoms with van der Waals surface area (Å²) in [5, 5.41) is 6.01. The average Bonchev–Trinajstić information content (AvgIpc) is 2.29. The first-order valence-corrected chi connectivity index (χ1v) is 6.43. The molecule has 1 fully saturated rings. The Labute approximate surface area is 104 Å². The first-order chi connectivity index (χ1) is 8.09. The lowest BCUT2D eigenvalue weighted by Crippen LogP contribution is -2.59. The monoisotopic (exact) mass is 243 g/mol. The van der Waals surface area contributed by atoms with E-state index >= 15 is 0 Å². The van der Waals surface area contributed by atoms with Gasteiger partial charge in [-0.1, -0.05) is 13.8 Å². The van der Waals surface area contributed by atoms with Crippen LogP contribution in [-0.4, -0.2) is 62.3 Å². The quantitative estimate of drug-likeness (QED) is 0.621. The summed E-state index contributed by atoms with van der Waals surface area (Å²) in [7, 11) is 0. The maximum Gasteiger partial charge on any atom is 0.246 e. The maximum atomic E-state index is 11.5. The second-order valence-electron chi connectivity index (χ2n) is 4.72. The van der Waals surface area contributed by atoms with Crippen LogP contribution < -0.4 is 10.6 Å². The summed E-state index contributed by atoms with van der Waals surface area (Å²) in [5.41, 5.74) is -0.143. The molecule has 0 aromatic heterocycles. The van der Waals surface area contributed by atoms with E-state index in [0.717, 1.165) is 32.7 Å². The summed E-state index contributed by atoms with van der Waals surface area (Å²) in [4.78, 5) is 13.8.